The van der Waals surface area contributed by atoms with Crippen molar-refractivity contribution in [2.75, 3.05) is 33.0 Å². The monoisotopic (exact) mass is 281 g/mol. The van der Waals surface area contributed by atoms with E-state index in [2.05, 4.69) is 4.98 Å². The van der Waals surface area contributed by atoms with E-state index in [0.29, 0.717) is 32.3 Å². The van der Waals surface area contributed by atoms with E-state index in [1.807, 2.05) is 19.1 Å². The molecule has 0 N–H and O–H groups in total. The van der Waals surface area contributed by atoms with E-state index < -0.39 is 0 Å². The van der Waals surface area contributed by atoms with Gasteiger partial charge in [0.25, 0.3) is 0 Å². The van der Waals surface area contributed by atoms with Crippen LogP contribution in [-0.2, 0) is 14.2 Å². The molecule has 0 aliphatic carbocycles. The summed E-state index contributed by atoms with van der Waals surface area (Å²) in [6.07, 6.45) is 5.06. The standard InChI is InChI=1S/C15H23NO4/c1-13-5-6-14(16-12-13)18-10-8-17-9-11-20-15-4-2-3-7-19-15/h5-6,12,15H,2-4,7-11H2,1H3. The normalized spacial score (nSPS) is 18.9. The van der Waals surface area contributed by atoms with Gasteiger partial charge in [0.1, 0.15) is 6.61 Å². The zero-order chi connectivity index (χ0) is 14.0. The minimum absolute atomic E-state index is 0.0413. The molecule has 0 radical (unpaired) electrons. The molecular formula is C15H23NO4. The van der Waals surface area contributed by atoms with E-state index in [9.17, 15) is 0 Å². The number of aryl methyl sites for hydroxylation is 1. The molecule has 2 rings (SSSR count). The minimum atomic E-state index is -0.0413. The van der Waals surface area contributed by atoms with Gasteiger partial charge < -0.3 is 18.9 Å². The predicted octanol–water partition coefficient (Wildman–Crippen LogP) is 2.33. The number of ether oxygens (including phenoxy) is 4. The van der Waals surface area contributed by atoms with E-state index in [0.717, 1.165) is 25.0 Å². The van der Waals surface area contributed by atoms with Crippen molar-refractivity contribution in [1.29, 1.82) is 0 Å². The smallest absolute Gasteiger partial charge is 0.213 e. The number of nitrogens with zero attached hydrogens (tertiary/aromatic N) is 1. The fourth-order valence-corrected chi connectivity index (χ4v) is 1.93. The highest BCUT2D eigenvalue weighted by Gasteiger charge is 2.13. The minimum Gasteiger partial charge on any atom is -0.475 e. The summed E-state index contributed by atoms with van der Waals surface area (Å²) < 4.78 is 21.9. The van der Waals surface area contributed by atoms with Gasteiger partial charge in [0.05, 0.1) is 19.8 Å². The summed E-state index contributed by atoms with van der Waals surface area (Å²) in [5.41, 5.74) is 1.12. The Hall–Kier alpha value is -1.17. The highest BCUT2D eigenvalue weighted by molar-refractivity contribution is 5.16. The van der Waals surface area contributed by atoms with Crippen molar-refractivity contribution in [3.05, 3.63) is 23.9 Å². The predicted molar refractivity (Wildman–Crippen MR) is 74.8 cm³/mol. The van der Waals surface area contributed by atoms with Gasteiger partial charge in [0, 0.05) is 18.9 Å². The van der Waals surface area contributed by atoms with Crippen molar-refractivity contribution in [3.63, 3.8) is 0 Å². The SMILES string of the molecule is Cc1ccc(OCCOCCOC2CCCCO2)nc1. The van der Waals surface area contributed by atoms with E-state index >= 15 is 0 Å². The summed E-state index contributed by atoms with van der Waals surface area (Å²) in [5, 5.41) is 0. The van der Waals surface area contributed by atoms with E-state index in [-0.39, 0.29) is 6.29 Å². The first-order chi connectivity index (χ1) is 9.84. The molecule has 0 spiro atoms. The molecule has 112 valence electrons. The fraction of sp³-hybridized carbons (Fsp3) is 0.667. The summed E-state index contributed by atoms with van der Waals surface area (Å²) in [6, 6.07) is 3.83. The summed E-state index contributed by atoms with van der Waals surface area (Å²) in [5.74, 6) is 0.631. The molecule has 1 atom stereocenters. The van der Waals surface area contributed by atoms with Gasteiger partial charge in [-0.3, -0.25) is 0 Å². The molecule has 0 amide bonds. The van der Waals surface area contributed by atoms with Gasteiger partial charge in [-0.1, -0.05) is 6.07 Å². The lowest BCUT2D eigenvalue weighted by Crippen LogP contribution is -2.24. The van der Waals surface area contributed by atoms with Crippen molar-refractivity contribution in [3.8, 4) is 5.88 Å². The summed E-state index contributed by atoms with van der Waals surface area (Å²) >= 11 is 0. The van der Waals surface area contributed by atoms with Crippen LogP contribution in [0.15, 0.2) is 18.3 Å². The Kier molecular flexibility index (Phi) is 6.77. The molecule has 0 bridgehead atoms. The molecule has 1 aliphatic rings. The molecule has 1 fully saturated rings. The largest absolute Gasteiger partial charge is 0.475 e. The maximum absolute atomic E-state index is 5.56. The van der Waals surface area contributed by atoms with Crippen molar-refractivity contribution >= 4 is 0 Å². The molecule has 1 saturated heterocycles. The van der Waals surface area contributed by atoms with E-state index in [1.165, 1.54) is 6.42 Å². The van der Waals surface area contributed by atoms with Gasteiger partial charge in [0.15, 0.2) is 6.29 Å². The molecule has 2 heterocycles. The van der Waals surface area contributed by atoms with Gasteiger partial charge in [-0.2, -0.15) is 0 Å². The Morgan fingerprint density at radius 2 is 2.10 bits per heavy atom. The Labute approximate surface area is 120 Å². The highest BCUT2D eigenvalue weighted by atomic mass is 16.7. The molecule has 1 aromatic rings. The van der Waals surface area contributed by atoms with Crippen LogP contribution < -0.4 is 4.74 Å². The summed E-state index contributed by atoms with van der Waals surface area (Å²) in [4.78, 5) is 4.15. The average Bonchev–Trinajstić information content (AvgIpc) is 2.49. The van der Waals surface area contributed by atoms with Crippen LogP contribution >= 0.6 is 0 Å². The first-order valence-electron chi connectivity index (χ1n) is 7.21. The first kappa shape index (κ1) is 15.2. The van der Waals surface area contributed by atoms with Crippen molar-refractivity contribution < 1.29 is 18.9 Å². The third-order valence-electron chi connectivity index (χ3n) is 3.03. The second kappa shape index (κ2) is 8.89. The van der Waals surface area contributed by atoms with Crippen LogP contribution in [0.1, 0.15) is 24.8 Å². The Bertz CT molecular complexity index is 363. The zero-order valence-corrected chi connectivity index (χ0v) is 12.0. The molecule has 5 heteroatoms. The van der Waals surface area contributed by atoms with Crippen molar-refractivity contribution in [2.45, 2.75) is 32.5 Å². The maximum Gasteiger partial charge on any atom is 0.213 e. The third kappa shape index (κ3) is 5.86. The summed E-state index contributed by atoms with van der Waals surface area (Å²) in [7, 11) is 0. The number of hydrogen-bond donors (Lipinski definition) is 0. The van der Waals surface area contributed by atoms with Crippen LogP contribution in [0.2, 0.25) is 0 Å². The molecular weight excluding hydrogens is 258 g/mol. The number of hydrogen-bond acceptors (Lipinski definition) is 5. The average molecular weight is 281 g/mol. The Balaban J connectivity index is 1.44. The van der Waals surface area contributed by atoms with Crippen molar-refractivity contribution in [2.24, 2.45) is 0 Å². The van der Waals surface area contributed by atoms with Gasteiger partial charge in [-0.25, -0.2) is 4.98 Å². The van der Waals surface area contributed by atoms with E-state index in [1.54, 1.807) is 6.20 Å². The van der Waals surface area contributed by atoms with E-state index in [4.69, 9.17) is 18.9 Å². The van der Waals surface area contributed by atoms with Gasteiger partial charge >= 0.3 is 0 Å². The lowest BCUT2D eigenvalue weighted by atomic mass is 10.2. The van der Waals surface area contributed by atoms with Crippen LogP contribution in [0.25, 0.3) is 0 Å². The molecule has 1 aliphatic heterocycles. The molecule has 0 saturated carbocycles. The van der Waals surface area contributed by atoms with Crippen LogP contribution in [0, 0.1) is 6.92 Å². The van der Waals surface area contributed by atoms with Crippen LogP contribution in [0.4, 0.5) is 0 Å². The van der Waals surface area contributed by atoms with Gasteiger partial charge in [-0.15, -0.1) is 0 Å². The van der Waals surface area contributed by atoms with Gasteiger partial charge in [0.2, 0.25) is 5.88 Å². The zero-order valence-electron chi connectivity index (χ0n) is 12.0. The Morgan fingerprint density at radius 3 is 2.85 bits per heavy atom. The lowest BCUT2D eigenvalue weighted by molar-refractivity contribution is -0.169. The second-order valence-corrected chi connectivity index (χ2v) is 4.80. The molecule has 20 heavy (non-hydrogen) atoms. The molecule has 0 aromatic carbocycles. The summed E-state index contributed by atoms with van der Waals surface area (Å²) in [6.45, 7) is 4.96. The first-order valence-corrected chi connectivity index (χ1v) is 7.21. The second-order valence-electron chi connectivity index (χ2n) is 4.80. The van der Waals surface area contributed by atoms with Crippen LogP contribution in [0.5, 0.6) is 5.88 Å². The molecule has 1 aromatic heterocycles. The third-order valence-corrected chi connectivity index (χ3v) is 3.03. The molecule has 1 unspecified atom stereocenters. The van der Waals surface area contributed by atoms with Crippen LogP contribution in [0.3, 0.4) is 0 Å². The van der Waals surface area contributed by atoms with Gasteiger partial charge in [-0.05, 0) is 31.7 Å². The number of rotatable bonds is 8. The highest BCUT2D eigenvalue weighted by Crippen LogP contribution is 2.13. The van der Waals surface area contributed by atoms with Crippen LogP contribution in [-0.4, -0.2) is 44.3 Å². The fourth-order valence-electron chi connectivity index (χ4n) is 1.93. The quantitative estimate of drug-likeness (QED) is 0.684. The number of aromatic nitrogens is 1. The number of pyridine rings is 1. The topological polar surface area (TPSA) is 49.8 Å². The molecule has 5 nitrogen and oxygen atoms in total. The lowest BCUT2D eigenvalue weighted by Gasteiger charge is -2.22. The Morgan fingerprint density at radius 1 is 1.20 bits per heavy atom. The maximum atomic E-state index is 5.56. The van der Waals surface area contributed by atoms with Crippen molar-refractivity contribution in [1.82, 2.24) is 4.98 Å².